The van der Waals surface area contributed by atoms with Gasteiger partial charge in [-0.15, -0.1) is 0 Å². The summed E-state index contributed by atoms with van der Waals surface area (Å²) in [5.74, 6) is -1.85. The van der Waals surface area contributed by atoms with Crippen molar-refractivity contribution in [3.05, 3.63) is 89.0 Å². The van der Waals surface area contributed by atoms with E-state index in [0.717, 1.165) is 16.5 Å². The number of pyridine rings is 1. The molecule has 1 amide bonds. The molecule has 0 saturated heterocycles. The number of aromatic nitrogens is 6. The Labute approximate surface area is 228 Å². The van der Waals surface area contributed by atoms with Gasteiger partial charge in [0, 0.05) is 27.9 Å². The van der Waals surface area contributed by atoms with Crippen LogP contribution < -0.4 is 11.1 Å². The molecule has 3 aromatic heterocycles. The van der Waals surface area contributed by atoms with Gasteiger partial charge in [0.25, 0.3) is 5.91 Å². The Bertz CT molecular complexity index is 1650. The third-order valence-corrected chi connectivity index (χ3v) is 5.56. The Morgan fingerprint density at radius 2 is 1.82 bits per heavy atom. The molecule has 2 aromatic carbocycles. The maximum absolute atomic E-state index is 12.8. The Hall–Kier alpha value is -4.82. The Kier molecular flexibility index (Phi) is 8.40. The summed E-state index contributed by atoms with van der Waals surface area (Å²) in [6, 6.07) is 16.6. The second-order valence-electron chi connectivity index (χ2n) is 8.21. The fourth-order valence-electron chi connectivity index (χ4n) is 3.44. The van der Waals surface area contributed by atoms with Gasteiger partial charge in [0.15, 0.2) is 11.5 Å². The van der Waals surface area contributed by atoms with E-state index < -0.39 is 12.1 Å². The van der Waals surface area contributed by atoms with Crippen LogP contribution in [0.25, 0.3) is 22.4 Å². The third kappa shape index (κ3) is 6.98. The lowest BCUT2D eigenvalue weighted by molar-refractivity contribution is -0.192. The molecule has 0 spiro atoms. The standard InChI is InChI=1S/C23H19ClN8O.C2HF3O2/c24-18-3-1-2-14(8-18)13-32-22-16(12-27-32)9-17(11-26-22)23(33)28-19-6-4-15(5-7-19)21-29-20(10-25)30-31-21;3-2(4,5)1(6)7/h1-9,11-12H,10,13,25H2,(H,28,33)(H,29,30,31);(H,6,7). The van der Waals surface area contributed by atoms with E-state index in [1.807, 2.05) is 36.4 Å². The number of carbonyl (C=O) groups is 2. The second kappa shape index (κ2) is 11.9. The van der Waals surface area contributed by atoms with Crippen molar-refractivity contribution in [2.75, 3.05) is 5.32 Å². The number of carbonyl (C=O) groups excluding carboxylic acids is 1. The van der Waals surface area contributed by atoms with Crippen molar-refractivity contribution in [2.24, 2.45) is 5.73 Å². The van der Waals surface area contributed by atoms with E-state index in [2.05, 4.69) is 30.6 Å². The van der Waals surface area contributed by atoms with Gasteiger partial charge in [-0.1, -0.05) is 23.7 Å². The number of nitrogens with two attached hydrogens (primary N) is 1. The van der Waals surface area contributed by atoms with Crippen LogP contribution in [0.1, 0.15) is 21.7 Å². The highest BCUT2D eigenvalue weighted by Gasteiger charge is 2.38. The summed E-state index contributed by atoms with van der Waals surface area (Å²) in [6.07, 6.45) is -1.84. The number of nitrogens with zero attached hydrogens (tertiary/aromatic N) is 5. The van der Waals surface area contributed by atoms with Crippen molar-refractivity contribution in [1.29, 1.82) is 0 Å². The lowest BCUT2D eigenvalue weighted by atomic mass is 10.2. The molecular weight excluding hydrogens is 553 g/mol. The van der Waals surface area contributed by atoms with E-state index in [0.29, 0.717) is 46.7 Å². The number of benzene rings is 2. The van der Waals surface area contributed by atoms with Crippen LogP contribution in [-0.2, 0) is 17.9 Å². The van der Waals surface area contributed by atoms with Gasteiger partial charge >= 0.3 is 12.1 Å². The highest BCUT2D eigenvalue weighted by atomic mass is 35.5. The average molecular weight is 573 g/mol. The molecule has 0 aliphatic heterocycles. The van der Waals surface area contributed by atoms with Crippen molar-refractivity contribution < 1.29 is 27.9 Å². The minimum atomic E-state index is -5.08. The van der Waals surface area contributed by atoms with Crippen LogP contribution in [0.2, 0.25) is 5.02 Å². The molecule has 206 valence electrons. The molecule has 5 aromatic rings. The van der Waals surface area contributed by atoms with Crippen LogP contribution in [0.3, 0.4) is 0 Å². The highest BCUT2D eigenvalue weighted by molar-refractivity contribution is 6.30. The Balaban J connectivity index is 0.000000470. The number of anilines is 1. The molecular formula is C25H20ClF3N8O3. The monoisotopic (exact) mass is 572 g/mol. The van der Waals surface area contributed by atoms with Crippen molar-refractivity contribution in [3.8, 4) is 11.4 Å². The Morgan fingerprint density at radius 3 is 2.45 bits per heavy atom. The fourth-order valence-corrected chi connectivity index (χ4v) is 3.65. The molecule has 15 heteroatoms. The smallest absolute Gasteiger partial charge is 0.475 e. The molecule has 40 heavy (non-hydrogen) atoms. The molecule has 0 unspecified atom stereocenters. The van der Waals surface area contributed by atoms with Crippen LogP contribution in [0.4, 0.5) is 18.9 Å². The number of nitrogens with one attached hydrogen (secondary N) is 2. The summed E-state index contributed by atoms with van der Waals surface area (Å²) in [5, 5.41) is 22.8. The molecule has 5 rings (SSSR count). The molecule has 0 aliphatic carbocycles. The first kappa shape index (κ1) is 28.2. The summed E-state index contributed by atoms with van der Waals surface area (Å²) >= 11 is 6.07. The fraction of sp³-hybridized carbons (Fsp3) is 0.120. The van der Waals surface area contributed by atoms with Crippen LogP contribution >= 0.6 is 11.6 Å². The number of rotatable bonds is 6. The first-order chi connectivity index (χ1) is 19.0. The van der Waals surface area contributed by atoms with E-state index in [-0.39, 0.29) is 5.91 Å². The second-order valence-corrected chi connectivity index (χ2v) is 8.65. The molecule has 0 atom stereocenters. The van der Waals surface area contributed by atoms with Crippen LogP contribution in [0.15, 0.2) is 67.0 Å². The van der Waals surface area contributed by atoms with E-state index in [1.54, 1.807) is 35.3 Å². The number of hydrogen-bond acceptors (Lipinski definition) is 7. The Morgan fingerprint density at radius 1 is 1.10 bits per heavy atom. The largest absolute Gasteiger partial charge is 0.490 e. The summed E-state index contributed by atoms with van der Waals surface area (Å²) in [4.78, 5) is 30.4. The lowest BCUT2D eigenvalue weighted by Gasteiger charge is -2.07. The van der Waals surface area contributed by atoms with Crippen molar-refractivity contribution in [3.63, 3.8) is 0 Å². The van der Waals surface area contributed by atoms with E-state index in [9.17, 15) is 18.0 Å². The third-order valence-electron chi connectivity index (χ3n) is 5.33. The van der Waals surface area contributed by atoms with Crippen molar-refractivity contribution >= 4 is 40.2 Å². The number of amides is 1. The SMILES string of the molecule is NCc1nc(-c2ccc(NC(=O)c3cnc4c(cnn4Cc4cccc(Cl)c4)c3)cc2)n[nH]1.O=C(O)C(F)(F)F. The molecule has 5 N–H and O–H groups in total. The van der Waals surface area contributed by atoms with Gasteiger partial charge in [0.2, 0.25) is 0 Å². The molecule has 0 aliphatic rings. The summed E-state index contributed by atoms with van der Waals surface area (Å²) < 4.78 is 33.5. The maximum Gasteiger partial charge on any atom is 0.490 e. The predicted octanol–water partition coefficient (Wildman–Crippen LogP) is 4.26. The predicted molar refractivity (Wildman–Crippen MR) is 139 cm³/mol. The quantitative estimate of drug-likeness (QED) is 0.234. The number of carboxylic acid groups (broad SMARTS) is 1. The molecule has 3 heterocycles. The molecule has 0 saturated carbocycles. The number of halogens is 4. The topological polar surface area (TPSA) is 165 Å². The van der Waals surface area contributed by atoms with E-state index >= 15 is 0 Å². The number of hydrogen-bond donors (Lipinski definition) is 4. The molecule has 0 bridgehead atoms. The highest BCUT2D eigenvalue weighted by Crippen LogP contribution is 2.20. The van der Waals surface area contributed by atoms with Crippen LogP contribution in [0, 0.1) is 0 Å². The zero-order valence-corrected chi connectivity index (χ0v) is 21.1. The van der Waals surface area contributed by atoms with E-state index in [4.69, 9.17) is 27.2 Å². The number of carboxylic acids is 1. The van der Waals surface area contributed by atoms with E-state index in [1.165, 1.54) is 0 Å². The zero-order valence-electron chi connectivity index (χ0n) is 20.4. The van der Waals surface area contributed by atoms with Gasteiger partial charge in [-0.3, -0.25) is 9.89 Å². The molecule has 0 fully saturated rings. The lowest BCUT2D eigenvalue weighted by Crippen LogP contribution is -2.21. The van der Waals surface area contributed by atoms with Crippen molar-refractivity contribution in [2.45, 2.75) is 19.3 Å². The normalized spacial score (nSPS) is 11.1. The minimum Gasteiger partial charge on any atom is -0.475 e. The molecule has 11 nitrogen and oxygen atoms in total. The van der Waals surface area contributed by atoms with Gasteiger partial charge in [-0.2, -0.15) is 23.4 Å². The number of H-pyrrole nitrogens is 1. The first-order valence-electron chi connectivity index (χ1n) is 11.4. The van der Waals surface area contributed by atoms with Gasteiger partial charge in [0.1, 0.15) is 5.82 Å². The summed E-state index contributed by atoms with van der Waals surface area (Å²) in [7, 11) is 0. The van der Waals surface area contributed by atoms with Crippen molar-refractivity contribution in [1.82, 2.24) is 29.9 Å². The zero-order chi connectivity index (χ0) is 28.9. The molecule has 0 radical (unpaired) electrons. The number of aromatic amines is 1. The van der Waals surface area contributed by atoms with Gasteiger partial charge < -0.3 is 16.2 Å². The average Bonchev–Trinajstić information content (AvgIpc) is 3.56. The summed E-state index contributed by atoms with van der Waals surface area (Å²) in [6.45, 7) is 0.825. The number of alkyl halides is 3. The number of aliphatic carboxylic acids is 1. The summed E-state index contributed by atoms with van der Waals surface area (Å²) in [5.41, 5.74) is 9.17. The van der Waals surface area contributed by atoms with Gasteiger partial charge in [-0.25, -0.2) is 19.4 Å². The van der Waals surface area contributed by atoms with Gasteiger partial charge in [-0.05, 0) is 48.0 Å². The first-order valence-corrected chi connectivity index (χ1v) is 11.8. The minimum absolute atomic E-state index is 0.261. The van der Waals surface area contributed by atoms with Gasteiger partial charge in [0.05, 0.1) is 24.8 Å². The van der Waals surface area contributed by atoms with Crippen LogP contribution in [0.5, 0.6) is 0 Å². The maximum atomic E-state index is 12.8. The number of fused-ring (bicyclic) bond motifs is 1. The van der Waals surface area contributed by atoms with Crippen LogP contribution in [-0.4, -0.2) is 53.1 Å².